The predicted molar refractivity (Wildman–Crippen MR) is 83.2 cm³/mol. The van der Waals surface area contributed by atoms with E-state index in [-0.39, 0.29) is 6.10 Å². The van der Waals surface area contributed by atoms with E-state index in [1.165, 1.54) is 5.56 Å². The third-order valence-corrected chi connectivity index (χ3v) is 4.09. The normalized spacial score (nSPS) is 17.1. The van der Waals surface area contributed by atoms with Crippen LogP contribution in [0.2, 0.25) is 5.02 Å². The molecule has 3 nitrogen and oxygen atoms in total. The van der Waals surface area contributed by atoms with Gasteiger partial charge in [-0.15, -0.1) is 0 Å². The summed E-state index contributed by atoms with van der Waals surface area (Å²) >= 11 is 5.92. The number of aryl methyl sites for hydroxylation is 1. The van der Waals surface area contributed by atoms with Crippen LogP contribution in [0.5, 0.6) is 0 Å². The Morgan fingerprint density at radius 1 is 1.14 bits per heavy atom. The Bertz CT molecular complexity index is 667. The summed E-state index contributed by atoms with van der Waals surface area (Å²) in [5, 5.41) is 0.728. The molecule has 0 aliphatic heterocycles. The molecule has 0 spiro atoms. The summed E-state index contributed by atoms with van der Waals surface area (Å²) in [7, 11) is 0. The molecule has 0 aromatic heterocycles. The topological polar surface area (TPSA) is 52.3 Å². The van der Waals surface area contributed by atoms with E-state index in [1.807, 2.05) is 36.4 Å². The minimum atomic E-state index is -0.713. The van der Waals surface area contributed by atoms with Crippen LogP contribution in [0.1, 0.15) is 30.1 Å². The first-order chi connectivity index (χ1) is 10.1. The van der Waals surface area contributed by atoms with Crippen molar-refractivity contribution in [3.63, 3.8) is 0 Å². The van der Waals surface area contributed by atoms with Crippen molar-refractivity contribution >= 4 is 17.7 Å². The SMILES string of the molecule is NC(=O)OC1CCCc2cc(-c3ccc(Cl)cc3)ccc21. The molecule has 1 unspecified atom stereocenters. The van der Waals surface area contributed by atoms with Gasteiger partial charge >= 0.3 is 6.09 Å². The van der Waals surface area contributed by atoms with Crippen molar-refractivity contribution in [2.75, 3.05) is 0 Å². The van der Waals surface area contributed by atoms with Crippen molar-refractivity contribution in [3.8, 4) is 11.1 Å². The van der Waals surface area contributed by atoms with Gasteiger partial charge in [0.2, 0.25) is 0 Å². The van der Waals surface area contributed by atoms with Crippen molar-refractivity contribution in [2.45, 2.75) is 25.4 Å². The lowest BCUT2D eigenvalue weighted by atomic mass is 9.87. The zero-order chi connectivity index (χ0) is 14.8. The lowest BCUT2D eigenvalue weighted by Crippen LogP contribution is -2.20. The zero-order valence-corrected chi connectivity index (χ0v) is 12.3. The maximum Gasteiger partial charge on any atom is 0.405 e. The number of fused-ring (bicyclic) bond motifs is 1. The highest BCUT2D eigenvalue weighted by atomic mass is 35.5. The van der Waals surface area contributed by atoms with E-state index in [1.54, 1.807) is 0 Å². The summed E-state index contributed by atoms with van der Waals surface area (Å²) in [5.41, 5.74) is 9.70. The second-order valence-corrected chi connectivity index (χ2v) is 5.67. The van der Waals surface area contributed by atoms with Gasteiger partial charge in [0, 0.05) is 5.02 Å². The molecule has 1 aliphatic carbocycles. The second-order valence-electron chi connectivity index (χ2n) is 5.24. The van der Waals surface area contributed by atoms with Crippen LogP contribution in [-0.2, 0) is 11.2 Å². The van der Waals surface area contributed by atoms with Crippen molar-refractivity contribution in [1.82, 2.24) is 0 Å². The predicted octanol–water partition coefficient (Wildman–Crippen LogP) is 4.48. The van der Waals surface area contributed by atoms with E-state index in [9.17, 15) is 4.79 Å². The number of rotatable bonds is 2. The average molecular weight is 302 g/mol. The molecule has 1 atom stereocenters. The largest absolute Gasteiger partial charge is 0.442 e. The van der Waals surface area contributed by atoms with Gasteiger partial charge in [-0.1, -0.05) is 41.9 Å². The molecule has 4 heteroatoms. The van der Waals surface area contributed by atoms with Crippen LogP contribution < -0.4 is 5.73 Å². The lowest BCUT2D eigenvalue weighted by Gasteiger charge is -2.25. The minimum absolute atomic E-state index is 0.217. The number of nitrogens with two attached hydrogens (primary N) is 1. The fourth-order valence-electron chi connectivity index (χ4n) is 2.85. The highest BCUT2D eigenvalue weighted by Crippen LogP contribution is 2.35. The van der Waals surface area contributed by atoms with Crippen LogP contribution in [0.25, 0.3) is 11.1 Å². The molecule has 1 aliphatic rings. The molecule has 0 radical (unpaired) electrons. The summed E-state index contributed by atoms with van der Waals surface area (Å²) in [5.74, 6) is 0. The highest BCUT2D eigenvalue weighted by molar-refractivity contribution is 6.30. The van der Waals surface area contributed by atoms with Crippen LogP contribution in [-0.4, -0.2) is 6.09 Å². The highest BCUT2D eigenvalue weighted by Gasteiger charge is 2.23. The number of benzene rings is 2. The maximum atomic E-state index is 11.0. The molecule has 0 saturated carbocycles. The minimum Gasteiger partial charge on any atom is -0.442 e. The summed E-state index contributed by atoms with van der Waals surface area (Å²) in [6.07, 6.45) is 1.89. The molecule has 0 heterocycles. The van der Waals surface area contributed by atoms with Gasteiger partial charge in [0.05, 0.1) is 0 Å². The molecule has 2 aromatic carbocycles. The Morgan fingerprint density at radius 3 is 2.57 bits per heavy atom. The average Bonchev–Trinajstić information content (AvgIpc) is 2.47. The molecule has 0 fully saturated rings. The second kappa shape index (κ2) is 5.78. The van der Waals surface area contributed by atoms with Crippen LogP contribution in [0.3, 0.4) is 0 Å². The van der Waals surface area contributed by atoms with Crippen LogP contribution in [0.4, 0.5) is 4.79 Å². The number of carbonyl (C=O) groups excluding carboxylic acids is 1. The Morgan fingerprint density at radius 2 is 1.86 bits per heavy atom. The van der Waals surface area contributed by atoms with E-state index in [2.05, 4.69) is 6.07 Å². The molecular formula is C17H16ClNO2. The molecule has 2 N–H and O–H groups in total. The molecule has 21 heavy (non-hydrogen) atoms. The number of halogens is 1. The number of amides is 1. The van der Waals surface area contributed by atoms with Gasteiger partial charge in [0.25, 0.3) is 0 Å². The van der Waals surface area contributed by atoms with Crippen molar-refractivity contribution in [1.29, 1.82) is 0 Å². The summed E-state index contributed by atoms with van der Waals surface area (Å²) in [6, 6.07) is 14.0. The van der Waals surface area contributed by atoms with Crippen LogP contribution in [0, 0.1) is 0 Å². The van der Waals surface area contributed by atoms with Gasteiger partial charge < -0.3 is 10.5 Å². The quantitative estimate of drug-likeness (QED) is 0.889. The zero-order valence-electron chi connectivity index (χ0n) is 11.5. The Kier molecular flexibility index (Phi) is 3.84. The van der Waals surface area contributed by atoms with Gasteiger partial charge in [0.1, 0.15) is 6.10 Å². The number of hydrogen-bond donors (Lipinski definition) is 1. The summed E-state index contributed by atoms with van der Waals surface area (Å²) in [4.78, 5) is 11.0. The Labute approximate surface area is 128 Å². The molecule has 1 amide bonds. The fourth-order valence-corrected chi connectivity index (χ4v) is 2.98. The van der Waals surface area contributed by atoms with E-state index in [0.717, 1.165) is 41.0 Å². The first-order valence-corrected chi connectivity index (χ1v) is 7.36. The third kappa shape index (κ3) is 3.03. The van der Waals surface area contributed by atoms with E-state index >= 15 is 0 Å². The monoisotopic (exact) mass is 301 g/mol. The van der Waals surface area contributed by atoms with Gasteiger partial charge in [0.15, 0.2) is 0 Å². The first-order valence-electron chi connectivity index (χ1n) is 6.98. The smallest absolute Gasteiger partial charge is 0.405 e. The number of ether oxygens (including phenoxy) is 1. The standard InChI is InChI=1S/C17H16ClNO2/c18-14-7-4-11(5-8-14)12-6-9-15-13(10-12)2-1-3-16(15)21-17(19)20/h4-10,16H,1-3H2,(H2,19,20). The number of hydrogen-bond acceptors (Lipinski definition) is 2. The molecule has 2 aromatic rings. The maximum absolute atomic E-state index is 11.0. The van der Waals surface area contributed by atoms with Crippen molar-refractivity contribution < 1.29 is 9.53 Å². The third-order valence-electron chi connectivity index (χ3n) is 3.84. The van der Waals surface area contributed by atoms with Gasteiger partial charge in [-0.3, -0.25) is 0 Å². The fraction of sp³-hybridized carbons (Fsp3) is 0.235. The number of carbonyl (C=O) groups is 1. The lowest BCUT2D eigenvalue weighted by molar-refractivity contribution is 0.0959. The molecular weight excluding hydrogens is 286 g/mol. The summed E-state index contributed by atoms with van der Waals surface area (Å²) < 4.78 is 5.20. The van der Waals surface area contributed by atoms with E-state index in [4.69, 9.17) is 22.1 Å². The van der Waals surface area contributed by atoms with Crippen LogP contribution in [0.15, 0.2) is 42.5 Å². The summed E-state index contributed by atoms with van der Waals surface area (Å²) in [6.45, 7) is 0. The van der Waals surface area contributed by atoms with Crippen molar-refractivity contribution in [2.24, 2.45) is 5.73 Å². The Hall–Kier alpha value is -2.00. The molecule has 0 saturated heterocycles. The van der Waals surface area contributed by atoms with Crippen molar-refractivity contribution in [3.05, 3.63) is 58.6 Å². The van der Waals surface area contributed by atoms with E-state index < -0.39 is 6.09 Å². The van der Waals surface area contributed by atoms with E-state index in [0.29, 0.717) is 0 Å². The van der Waals surface area contributed by atoms with Crippen LogP contribution >= 0.6 is 11.6 Å². The molecule has 0 bridgehead atoms. The molecule has 108 valence electrons. The van der Waals surface area contributed by atoms with Gasteiger partial charge in [-0.05, 0) is 53.6 Å². The Balaban J connectivity index is 1.94. The van der Waals surface area contributed by atoms with Gasteiger partial charge in [-0.25, -0.2) is 4.79 Å². The number of primary amides is 1. The molecule has 3 rings (SSSR count). The first kappa shape index (κ1) is 14.0. The van der Waals surface area contributed by atoms with Gasteiger partial charge in [-0.2, -0.15) is 0 Å².